The van der Waals surface area contributed by atoms with Crippen molar-refractivity contribution in [2.45, 2.75) is 13.8 Å². The van der Waals surface area contributed by atoms with Crippen LogP contribution in [0.15, 0.2) is 18.2 Å². The van der Waals surface area contributed by atoms with Gasteiger partial charge in [0.1, 0.15) is 11.5 Å². The van der Waals surface area contributed by atoms with E-state index in [-0.39, 0.29) is 11.3 Å². The zero-order valence-electron chi connectivity index (χ0n) is 11.5. The number of rotatable bonds is 5. The van der Waals surface area contributed by atoms with Gasteiger partial charge in [-0.2, -0.15) is 0 Å². The van der Waals surface area contributed by atoms with Gasteiger partial charge in [0.25, 0.3) is 5.91 Å². The summed E-state index contributed by atoms with van der Waals surface area (Å²) < 4.78 is 0. The van der Waals surface area contributed by atoms with Gasteiger partial charge in [-0.05, 0) is 31.6 Å². The van der Waals surface area contributed by atoms with Crippen LogP contribution in [0.2, 0.25) is 0 Å². The van der Waals surface area contributed by atoms with E-state index < -0.39 is 0 Å². The third-order valence-corrected chi connectivity index (χ3v) is 2.48. The van der Waals surface area contributed by atoms with Crippen molar-refractivity contribution in [3.05, 3.63) is 23.9 Å². The van der Waals surface area contributed by atoms with Crippen molar-refractivity contribution in [1.29, 1.82) is 0 Å². The molecule has 0 saturated carbocycles. The number of aromatic nitrogens is 1. The Morgan fingerprint density at radius 3 is 2.67 bits per heavy atom. The van der Waals surface area contributed by atoms with Gasteiger partial charge >= 0.3 is 0 Å². The minimum Gasteiger partial charge on any atom is -0.384 e. The molecule has 0 spiro atoms. The molecule has 0 fully saturated rings. The van der Waals surface area contributed by atoms with Crippen LogP contribution in [0.1, 0.15) is 24.3 Å². The van der Waals surface area contributed by atoms with Crippen molar-refractivity contribution in [2.75, 3.05) is 32.9 Å². The molecule has 1 aromatic heterocycles. The topological polar surface area (TPSA) is 71.2 Å². The molecule has 0 aromatic carbocycles. The quantitative estimate of drug-likeness (QED) is 0.817. The molecule has 100 valence electrons. The van der Waals surface area contributed by atoms with Crippen molar-refractivity contribution >= 4 is 11.7 Å². The fourth-order valence-electron chi connectivity index (χ4n) is 1.90. The molecule has 0 atom stereocenters. The molecule has 1 rings (SSSR count). The molecule has 0 aliphatic heterocycles. The van der Waals surface area contributed by atoms with Gasteiger partial charge in [-0.25, -0.2) is 4.98 Å². The van der Waals surface area contributed by atoms with Gasteiger partial charge in [0, 0.05) is 13.1 Å². The van der Waals surface area contributed by atoms with Gasteiger partial charge < -0.3 is 16.0 Å². The van der Waals surface area contributed by atoms with Crippen molar-refractivity contribution in [3.8, 4) is 0 Å². The molecule has 5 heteroatoms. The zero-order chi connectivity index (χ0) is 13.8. The molecule has 18 heavy (non-hydrogen) atoms. The maximum absolute atomic E-state index is 11.9. The first kappa shape index (κ1) is 14.4. The van der Waals surface area contributed by atoms with Crippen LogP contribution in [0.4, 0.5) is 5.82 Å². The van der Waals surface area contributed by atoms with Gasteiger partial charge in [0.05, 0.1) is 0 Å². The molecular weight excluding hydrogens is 228 g/mol. The number of nitrogens with zero attached hydrogens (tertiary/aromatic N) is 2. The maximum atomic E-state index is 11.9. The van der Waals surface area contributed by atoms with E-state index in [1.165, 1.54) is 0 Å². The highest BCUT2D eigenvalue weighted by Crippen LogP contribution is 2.14. The van der Waals surface area contributed by atoms with Crippen molar-refractivity contribution in [3.63, 3.8) is 0 Å². The van der Waals surface area contributed by atoms with Crippen LogP contribution < -0.4 is 11.1 Å². The number of pyridine rings is 1. The molecule has 3 N–H and O–H groups in total. The number of nitrogens with one attached hydrogen (secondary N) is 1. The summed E-state index contributed by atoms with van der Waals surface area (Å²) in [5.74, 6) is 0.171. The lowest BCUT2D eigenvalue weighted by Gasteiger charge is -2.28. The number of nitrogens with two attached hydrogens (primary N) is 1. The highest BCUT2D eigenvalue weighted by molar-refractivity contribution is 5.92. The summed E-state index contributed by atoms with van der Waals surface area (Å²) in [4.78, 5) is 18.0. The van der Waals surface area contributed by atoms with Crippen molar-refractivity contribution in [2.24, 2.45) is 5.41 Å². The van der Waals surface area contributed by atoms with Gasteiger partial charge in [-0.1, -0.05) is 19.9 Å². The van der Waals surface area contributed by atoms with Crippen LogP contribution >= 0.6 is 0 Å². The van der Waals surface area contributed by atoms with Gasteiger partial charge in [0.15, 0.2) is 0 Å². The summed E-state index contributed by atoms with van der Waals surface area (Å²) in [6, 6.07) is 5.04. The van der Waals surface area contributed by atoms with Gasteiger partial charge in [-0.3, -0.25) is 4.79 Å². The van der Waals surface area contributed by atoms with E-state index in [9.17, 15) is 4.79 Å². The number of amides is 1. The lowest BCUT2D eigenvalue weighted by atomic mass is 9.93. The smallest absolute Gasteiger partial charge is 0.269 e. The fourth-order valence-corrected chi connectivity index (χ4v) is 1.90. The van der Waals surface area contributed by atoms with Crippen LogP contribution in [0, 0.1) is 5.41 Å². The van der Waals surface area contributed by atoms with Crippen molar-refractivity contribution in [1.82, 2.24) is 15.2 Å². The molecule has 0 saturated heterocycles. The van der Waals surface area contributed by atoms with Gasteiger partial charge in [-0.15, -0.1) is 0 Å². The average molecular weight is 250 g/mol. The Morgan fingerprint density at radius 1 is 1.44 bits per heavy atom. The summed E-state index contributed by atoms with van der Waals surface area (Å²) in [5.41, 5.74) is 5.92. The predicted molar refractivity (Wildman–Crippen MR) is 73.3 cm³/mol. The maximum Gasteiger partial charge on any atom is 0.269 e. The molecule has 1 heterocycles. The Morgan fingerprint density at radius 2 is 2.11 bits per heavy atom. The van der Waals surface area contributed by atoms with E-state index >= 15 is 0 Å². The monoisotopic (exact) mass is 250 g/mol. The van der Waals surface area contributed by atoms with E-state index in [2.05, 4.69) is 29.0 Å². The molecular formula is C13H22N4O. The summed E-state index contributed by atoms with van der Waals surface area (Å²) in [6.07, 6.45) is 0. The molecule has 0 bridgehead atoms. The lowest BCUT2D eigenvalue weighted by Crippen LogP contribution is -2.40. The minimum absolute atomic E-state index is 0.0134. The van der Waals surface area contributed by atoms with E-state index in [4.69, 9.17) is 5.73 Å². The van der Waals surface area contributed by atoms with Crippen LogP contribution in [-0.4, -0.2) is 43.0 Å². The number of hydrogen-bond acceptors (Lipinski definition) is 4. The second-order valence-electron chi connectivity index (χ2n) is 5.53. The fraction of sp³-hybridized carbons (Fsp3) is 0.538. The molecule has 1 aromatic rings. The Labute approximate surface area is 108 Å². The van der Waals surface area contributed by atoms with Crippen LogP contribution in [0.5, 0.6) is 0 Å². The number of nitrogen functional groups attached to an aromatic ring is 1. The SMILES string of the molecule is CN(C)CC(C)(C)CNC(=O)c1cccc(N)n1. The second-order valence-corrected chi connectivity index (χ2v) is 5.53. The summed E-state index contributed by atoms with van der Waals surface area (Å²) >= 11 is 0. The first-order valence-electron chi connectivity index (χ1n) is 5.96. The molecule has 0 radical (unpaired) electrons. The lowest BCUT2D eigenvalue weighted by molar-refractivity contribution is 0.0924. The average Bonchev–Trinajstić information content (AvgIpc) is 2.24. The third kappa shape index (κ3) is 4.71. The molecule has 0 aliphatic rings. The standard InChI is InChI=1S/C13H22N4O/c1-13(2,9-17(3)4)8-15-12(18)10-6-5-7-11(14)16-10/h5-7H,8-9H2,1-4H3,(H2,14,16)(H,15,18). The predicted octanol–water partition coefficient (Wildman–Crippen LogP) is 0.981. The van der Waals surface area contributed by atoms with Crippen LogP contribution in [0.3, 0.4) is 0 Å². The Kier molecular flexibility index (Phi) is 4.67. The Balaban J connectivity index is 2.56. The zero-order valence-corrected chi connectivity index (χ0v) is 11.5. The van der Waals surface area contributed by atoms with E-state index in [1.807, 2.05) is 14.1 Å². The molecule has 0 aliphatic carbocycles. The Bertz CT molecular complexity index is 415. The second kappa shape index (κ2) is 5.82. The van der Waals surface area contributed by atoms with E-state index in [1.54, 1.807) is 18.2 Å². The first-order chi connectivity index (χ1) is 8.30. The molecule has 0 unspecified atom stereocenters. The van der Waals surface area contributed by atoms with E-state index in [0.717, 1.165) is 6.54 Å². The highest BCUT2D eigenvalue weighted by atomic mass is 16.1. The first-order valence-corrected chi connectivity index (χ1v) is 5.96. The third-order valence-electron chi connectivity index (χ3n) is 2.48. The van der Waals surface area contributed by atoms with E-state index in [0.29, 0.717) is 18.1 Å². The molecule has 5 nitrogen and oxygen atoms in total. The van der Waals surface area contributed by atoms with Crippen molar-refractivity contribution < 1.29 is 4.79 Å². The largest absolute Gasteiger partial charge is 0.384 e. The number of carbonyl (C=O) groups is 1. The minimum atomic E-state index is -0.186. The summed E-state index contributed by atoms with van der Waals surface area (Å²) in [5, 5.41) is 2.89. The number of carbonyl (C=O) groups excluding carboxylic acids is 1. The summed E-state index contributed by atoms with van der Waals surface area (Å²) in [6.45, 7) is 5.72. The van der Waals surface area contributed by atoms with Crippen LogP contribution in [0.25, 0.3) is 0 Å². The highest BCUT2D eigenvalue weighted by Gasteiger charge is 2.20. The normalized spacial score (nSPS) is 11.6. The van der Waals surface area contributed by atoms with Gasteiger partial charge in [0.2, 0.25) is 0 Å². The summed E-state index contributed by atoms with van der Waals surface area (Å²) in [7, 11) is 4.03. The molecule has 1 amide bonds. The number of anilines is 1. The van der Waals surface area contributed by atoms with Crippen LogP contribution in [-0.2, 0) is 0 Å². The Hall–Kier alpha value is -1.62. The number of hydrogen-bond donors (Lipinski definition) is 2.